The molecule has 0 heterocycles. The predicted molar refractivity (Wildman–Crippen MR) is 73.8 cm³/mol. The number of nitrogens with two attached hydrogens (primary N) is 1. The molecule has 0 aromatic heterocycles. The van der Waals surface area contributed by atoms with Crippen molar-refractivity contribution in [2.45, 2.75) is 26.3 Å². The molecule has 0 aliphatic heterocycles. The number of methoxy groups -OCH3 is 1. The maximum absolute atomic E-state index is 11.7. The third kappa shape index (κ3) is 3.84. The van der Waals surface area contributed by atoms with Gasteiger partial charge in [-0.3, -0.25) is 4.79 Å². The lowest BCUT2D eigenvalue weighted by atomic mass is 10.2. The number of anilines is 2. The summed E-state index contributed by atoms with van der Waals surface area (Å²) in [7, 11) is 1.56. The van der Waals surface area contributed by atoms with Crippen LogP contribution in [0.5, 0.6) is 5.75 Å². The predicted octanol–water partition coefficient (Wildman–Crippen LogP) is 1.60. The van der Waals surface area contributed by atoms with Gasteiger partial charge in [0.05, 0.1) is 12.8 Å². The summed E-state index contributed by atoms with van der Waals surface area (Å²) in [6.45, 7) is 4.52. The second kappa shape index (κ2) is 6.74. The standard InChI is InChI=1S/C13H21N3O2/c1-4-7-15-13(17)9(2)16-10-5-6-11(14)12(8-10)18-3/h5-6,8-9,16H,4,7,14H2,1-3H3,(H,15,17). The Morgan fingerprint density at radius 3 is 2.83 bits per heavy atom. The molecule has 5 heteroatoms. The first-order valence-electron chi connectivity index (χ1n) is 6.06. The van der Waals surface area contributed by atoms with Gasteiger partial charge in [0.25, 0.3) is 0 Å². The smallest absolute Gasteiger partial charge is 0.242 e. The summed E-state index contributed by atoms with van der Waals surface area (Å²) in [4.78, 5) is 11.7. The highest BCUT2D eigenvalue weighted by Crippen LogP contribution is 2.25. The second-order valence-electron chi connectivity index (χ2n) is 4.11. The quantitative estimate of drug-likeness (QED) is 0.671. The van der Waals surface area contributed by atoms with Crippen LogP contribution in [0.4, 0.5) is 11.4 Å². The maximum Gasteiger partial charge on any atom is 0.242 e. The number of hydrogen-bond donors (Lipinski definition) is 3. The molecule has 0 fully saturated rings. The molecule has 4 N–H and O–H groups in total. The first kappa shape index (κ1) is 14.2. The average molecular weight is 251 g/mol. The highest BCUT2D eigenvalue weighted by atomic mass is 16.5. The van der Waals surface area contributed by atoms with Gasteiger partial charge in [-0.25, -0.2) is 0 Å². The number of nitrogen functional groups attached to an aromatic ring is 1. The average Bonchev–Trinajstić information content (AvgIpc) is 2.37. The number of benzene rings is 1. The van der Waals surface area contributed by atoms with E-state index in [1.165, 1.54) is 0 Å². The van der Waals surface area contributed by atoms with E-state index in [9.17, 15) is 4.79 Å². The number of ether oxygens (including phenoxy) is 1. The molecule has 1 amide bonds. The molecule has 18 heavy (non-hydrogen) atoms. The minimum atomic E-state index is -0.301. The van der Waals surface area contributed by atoms with Gasteiger partial charge in [0.2, 0.25) is 5.91 Å². The Labute approximate surface area is 108 Å². The molecule has 0 bridgehead atoms. The Morgan fingerprint density at radius 2 is 2.22 bits per heavy atom. The molecule has 1 aromatic rings. The Balaban J connectivity index is 2.64. The van der Waals surface area contributed by atoms with E-state index in [1.807, 2.05) is 19.9 Å². The summed E-state index contributed by atoms with van der Waals surface area (Å²) in [6, 6.07) is 5.04. The molecule has 0 spiro atoms. The van der Waals surface area contributed by atoms with Crippen LogP contribution in [0.3, 0.4) is 0 Å². The minimum Gasteiger partial charge on any atom is -0.495 e. The molecule has 0 saturated heterocycles. The zero-order valence-electron chi connectivity index (χ0n) is 11.1. The zero-order valence-corrected chi connectivity index (χ0v) is 11.1. The molecule has 1 rings (SSSR count). The van der Waals surface area contributed by atoms with Crippen molar-refractivity contribution in [3.05, 3.63) is 18.2 Å². The van der Waals surface area contributed by atoms with E-state index >= 15 is 0 Å². The van der Waals surface area contributed by atoms with Crippen LogP contribution in [0.25, 0.3) is 0 Å². The number of carbonyl (C=O) groups excluding carboxylic acids is 1. The summed E-state index contributed by atoms with van der Waals surface area (Å²) in [5, 5.41) is 5.94. The lowest BCUT2D eigenvalue weighted by Crippen LogP contribution is -2.37. The van der Waals surface area contributed by atoms with Crippen LogP contribution < -0.4 is 21.1 Å². The fraction of sp³-hybridized carbons (Fsp3) is 0.462. The van der Waals surface area contributed by atoms with Crippen molar-refractivity contribution in [3.8, 4) is 5.75 Å². The van der Waals surface area contributed by atoms with Gasteiger partial charge in [-0.2, -0.15) is 0 Å². The van der Waals surface area contributed by atoms with Gasteiger partial charge in [-0.05, 0) is 25.5 Å². The molecule has 1 atom stereocenters. The Kier molecular flexibility index (Phi) is 5.30. The fourth-order valence-corrected chi connectivity index (χ4v) is 1.52. The second-order valence-corrected chi connectivity index (χ2v) is 4.11. The molecule has 1 unspecified atom stereocenters. The molecule has 0 saturated carbocycles. The normalized spacial score (nSPS) is 11.7. The summed E-state index contributed by atoms with van der Waals surface area (Å²) in [5.41, 5.74) is 7.11. The monoisotopic (exact) mass is 251 g/mol. The first-order valence-corrected chi connectivity index (χ1v) is 6.06. The summed E-state index contributed by atoms with van der Waals surface area (Å²) < 4.78 is 5.13. The van der Waals surface area contributed by atoms with Crippen molar-refractivity contribution in [1.29, 1.82) is 0 Å². The number of rotatable bonds is 6. The van der Waals surface area contributed by atoms with E-state index in [4.69, 9.17) is 10.5 Å². The van der Waals surface area contributed by atoms with Crippen LogP contribution in [0.15, 0.2) is 18.2 Å². The number of amides is 1. The van der Waals surface area contributed by atoms with Crippen molar-refractivity contribution < 1.29 is 9.53 Å². The van der Waals surface area contributed by atoms with E-state index in [0.717, 1.165) is 12.1 Å². The van der Waals surface area contributed by atoms with Crippen LogP contribution >= 0.6 is 0 Å². The van der Waals surface area contributed by atoms with Crippen molar-refractivity contribution >= 4 is 17.3 Å². The van der Waals surface area contributed by atoms with Crippen molar-refractivity contribution in [2.24, 2.45) is 0 Å². The van der Waals surface area contributed by atoms with Crippen LogP contribution in [-0.2, 0) is 4.79 Å². The zero-order chi connectivity index (χ0) is 13.5. The van der Waals surface area contributed by atoms with Crippen LogP contribution in [0.1, 0.15) is 20.3 Å². The summed E-state index contributed by atoms with van der Waals surface area (Å²) in [5.74, 6) is 0.578. The van der Waals surface area contributed by atoms with Crippen LogP contribution in [0.2, 0.25) is 0 Å². The highest BCUT2D eigenvalue weighted by Gasteiger charge is 2.12. The van der Waals surface area contributed by atoms with E-state index in [-0.39, 0.29) is 11.9 Å². The van der Waals surface area contributed by atoms with Crippen molar-refractivity contribution in [2.75, 3.05) is 24.7 Å². The van der Waals surface area contributed by atoms with Gasteiger partial charge in [0, 0.05) is 18.3 Å². The third-order valence-corrected chi connectivity index (χ3v) is 2.56. The first-order chi connectivity index (χ1) is 8.58. The summed E-state index contributed by atoms with van der Waals surface area (Å²) in [6.07, 6.45) is 0.925. The van der Waals surface area contributed by atoms with Crippen molar-refractivity contribution in [1.82, 2.24) is 5.32 Å². The van der Waals surface area contributed by atoms with E-state index in [1.54, 1.807) is 19.2 Å². The Morgan fingerprint density at radius 1 is 1.50 bits per heavy atom. The summed E-state index contributed by atoms with van der Waals surface area (Å²) >= 11 is 0. The van der Waals surface area contributed by atoms with Gasteiger partial charge in [-0.1, -0.05) is 6.92 Å². The number of nitrogens with one attached hydrogen (secondary N) is 2. The molecular weight excluding hydrogens is 230 g/mol. The van der Waals surface area contributed by atoms with Gasteiger partial charge in [0.1, 0.15) is 11.8 Å². The minimum absolute atomic E-state index is 0.0207. The molecular formula is C13H21N3O2. The molecule has 0 aliphatic rings. The lowest BCUT2D eigenvalue weighted by molar-refractivity contribution is -0.121. The molecule has 100 valence electrons. The number of hydrogen-bond acceptors (Lipinski definition) is 4. The Hall–Kier alpha value is -1.91. The largest absolute Gasteiger partial charge is 0.495 e. The molecule has 0 radical (unpaired) electrons. The third-order valence-electron chi connectivity index (χ3n) is 2.56. The van der Waals surface area contributed by atoms with E-state index in [0.29, 0.717) is 18.0 Å². The molecule has 5 nitrogen and oxygen atoms in total. The van der Waals surface area contributed by atoms with Gasteiger partial charge in [-0.15, -0.1) is 0 Å². The molecule has 1 aromatic carbocycles. The van der Waals surface area contributed by atoms with Gasteiger partial charge in [0.15, 0.2) is 0 Å². The topological polar surface area (TPSA) is 76.4 Å². The fourth-order valence-electron chi connectivity index (χ4n) is 1.52. The lowest BCUT2D eigenvalue weighted by Gasteiger charge is -2.16. The SMILES string of the molecule is CCCNC(=O)C(C)Nc1ccc(N)c(OC)c1. The maximum atomic E-state index is 11.7. The number of carbonyl (C=O) groups is 1. The van der Waals surface area contributed by atoms with Crippen LogP contribution in [0, 0.1) is 0 Å². The van der Waals surface area contributed by atoms with E-state index < -0.39 is 0 Å². The Bertz CT molecular complexity index is 407. The van der Waals surface area contributed by atoms with Crippen LogP contribution in [-0.4, -0.2) is 25.6 Å². The van der Waals surface area contributed by atoms with Crippen molar-refractivity contribution in [3.63, 3.8) is 0 Å². The molecule has 0 aliphatic carbocycles. The highest BCUT2D eigenvalue weighted by molar-refractivity contribution is 5.84. The van der Waals surface area contributed by atoms with E-state index in [2.05, 4.69) is 10.6 Å². The van der Waals surface area contributed by atoms with Gasteiger partial charge < -0.3 is 21.1 Å². The van der Waals surface area contributed by atoms with Gasteiger partial charge >= 0.3 is 0 Å².